The molecule has 1 heterocycles. The van der Waals surface area contributed by atoms with Crippen LogP contribution >= 0.6 is 0 Å². The van der Waals surface area contributed by atoms with Gasteiger partial charge in [0.2, 0.25) is 0 Å². The van der Waals surface area contributed by atoms with Crippen molar-refractivity contribution >= 4 is 0 Å². The summed E-state index contributed by atoms with van der Waals surface area (Å²) in [5, 5.41) is 3.15. The Bertz CT molecular complexity index is 448. The molecule has 21 heavy (non-hydrogen) atoms. The van der Waals surface area contributed by atoms with Gasteiger partial charge in [0.05, 0.1) is 11.9 Å². The van der Waals surface area contributed by atoms with Crippen LogP contribution in [0.1, 0.15) is 45.1 Å². The molecule has 0 saturated heterocycles. The number of rotatable bonds is 7. The summed E-state index contributed by atoms with van der Waals surface area (Å²) in [4.78, 5) is 8.36. The van der Waals surface area contributed by atoms with E-state index in [4.69, 9.17) is 4.74 Å². The molecule has 0 saturated carbocycles. The molecule has 0 atom stereocenters. The van der Waals surface area contributed by atoms with Gasteiger partial charge in [-0.25, -0.2) is 9.97 Å². The molecule has 0 aliphatic rings. The summed E-state index contributed by atoms with van der Waals surface area (Å²) >= 11 is 0. The number of alkyl halides is 3. The number of nitrogens with one attached hydrogen (secondary N) is 1. The molecular weight excluding hydrogens is 283 g/mol. The van der Waals surface area contributed by atoms with Gasteiger partial charge in [0.25, 0.3) is 0 Å². The number of halogens is 3. The molecule has 1 aromatic heterocycles. The van der Waals surface area contributed by atoms with Crippen LogP contribution in [0.4, 0.5) is 13.2 Å². The molecule has 0 fully saturated rings. The highest BCUT2D eigenvalue weighted by Gasteiger charge is 2.29. The van der Waals surface area contributed by atoms with Crippen LogP contribution in [-0.4, -0.2) is 29.3 Å². The quantitative estimate of drug-likeness (QED) is 0.840. The Kier molecular flexibility index (Phi) is 6.39. The van der Waals surface area contributed by atoms with Gasteiger partial charge >= 0.3 is 6.18 Å². The van der Waals surface area contributed by atoms with Crippen molar-refractivity contribution < 1.29 is 17.9 Å². The van der Waals surface area contributed by atoms with Crippen molar-refractivity contribution in [3.63, 3.8) is 0 Å². The van der Waals surface area contributed by atoms with E-state index in [1.165, 1.54) is 6.20 Å². The highest BCUT2D eigenvalue weighted by Crippen LogP contribution is 2.22. The van der Waals surface area contributed by atoms with Crippen LogP contribution in [0, 0.1) is 5.92 Å². The predicted octanol–water partition coefficient (Wildman–Crippen LogP) is 3.29. The zero-order valence-corrected chi connectivity index (χ0v) is 12.8. The third-order valence-corrected chi connectivity index (χ3v) is 2.60. The van der Waals surface area contributed by atoms with Crippen LogP contribution in [0.25, 0.3) is 0 Å². The maximum absolute atomic E-state index is 12.3. The molecule has 7 heteroatoms. The van der Waals surface area contributed by atoms with Crippen LogP contribution in [-0.2, 0) is 6.54 Å². The zero-order valence-electron chi connectivity index (χ0n) is 12.8. The van der Waals surface area contributed by atoms with Crippen molar-refractivity contribution in [2.24, 2.45) is 5.92 Å². The van der Waals surface area contributed by atoms with E-state index in [2.05, 4.69) is 15.3 Å². The maximum Gasteiger partial charge on any atom is 0.422 e. The summed E-state index contributed by atoms with van der Waals surface area (Å²) in [6.45, 7) is 7.72. The molecule has 0 bridgehead atoms. The predicted molar refractivity (Wildman–Crippen MR) is 74.2 cm³/mol. The van der Waals surface area contributed by atoms with E-state index in [0.29, 0.717) is 24.0 Å². The third kappa shape index (κ3) is 6.75. The van der Waals surface area contributed by atoms with E-state index in [-0.39, 0.29) is 11.7 Å². The van der Waals surface area contributed by atoms with E-state index in [1.807, 2.05) is 27.7 Å². The summed E-state index contributed by atoms with van der Waals surface area (Å²) in [6, 6.07) is 0. The Labute approximate surface area is 123 Å². The van der Waals surface area contributed by atoms with Crippen LogP contribution < -0.4 is 10.1 Å². The average molecular weight is 305 g/mol. The third-order valence-electron chi connectivity index (χ3n) is 2.60. The lowest BCUT2D eigenvalue weighted by Crippen LogP contribution is -2.23. The van der Waals surface area contributed by atoms with Crippen molar-refractivity contribution in [3.05, 3.63) is 17.7 Å². The van der Waals surface area contributed by atoms with Gasteiger partial charge in [-0.15, -0.1) is 0 Å². The lowest BCUT2D eigenvalue weighted by molar-refractivity contribution is -0.153. The highest BCUT2D eigenvalue weighted by atomic mass is 19.4. The topological polar surface area (TPSA) is 47.0 Å². The zero-order chi connectivity index (χ0) is 16.0. The Morgan fingerprint density at radius 3 is 2.43 bits per heavy atom. The van der Waals surface area contributed by atoms with Crippen molar-refractivity contribution in [1.82, 2.24) is 15.3 Å². The van der Waals surface area contributed by atoms with Crippen LogP contribution in [0.5, 0.6) is 5.75 Å². The minimum Gasteiger partial charge on any atom is -0.481 e. The largest absolute Gasteiger partial charge is 0.481 e. The Morgan fingerprint density at radius 1 is 1.24 bits per heavy atom. The molecule has 120 valence electrons. The fourth-order valence-corrected chi connectivity index (χ4v) is 1.59. The van der Waals surface area contributed by atoms with Crippen molar-refractivity contribution in [2.45, 2.75) is 46.3 Å². The van der Waals surface area contributed by atoms with Crippen LogP contribution in [0.15, 0.2) is 6.20 Å². The van der Waals surface area contributed by atoms with Gasteiger partial charge in [-0.05, 0) is 12.5 Å². The first kappa shape index (κ1) is 17.7. The van der Waals surface area contributed by atoms with Gasteiger partial charge in [0, 0.05) is 12.5 Å². The van der Waals surface area contributed by atoms with Crippen molar-refractivity contribution in [3.8, 4) is 5.75 Å². The summed E-state index contributed by atoms with van der Waals surface area (Å²) in [5.41, 5.74) is 0.457. The number of ether oxygens (including phenoxy) is 1. The molecule has 1 aromatic rings. The first-order valence-corrected chi connectivity index (χ1v) is 6.95. The Balaban J connectivity index is 2.83. The monoisotopic (exact) mass is 305 g/mol. The normalized spacial score (nSPS) is 12.2. The SMILES string of the molecule is CC(C)CNCc1nc(C(C)C)ncc1OCC(F)(F)F. The lowest BCUT2D eigenvalue weighted by atomic mass is 10.2. The van der Waals surface area contributed by atoms with Gasteiger partial charge < -0.3 is 10.1 Å². The van der Waals surface area contributed by atoms with E-state index in [1.54, 1.807) is 0 Å². The first-order chi connectivity index (χ1) is 9.69. The van der Waals surface area contributed by atoms with E-state index in [0.717, 1.165) is 6.54 Å². The average Bonchev–Trinajstić information content (AvgIpc) is 2.35. The van der Waals surface area contributed by atoms with Crippen LogP contribution in [0.3, 0.4) is 0 Å². The summed E-state index contributed by atoms with van der Waals surface area (Å²) in [7, 11) is 0. The van der Waals surface area contributed by atoms with Crippen LogP contribution in [0.2, 0.25) is 0 Å². The second kappa shape index (κ2) is 7.59. The molecule has 4 nitrogen and oxygen atoms in total. The van der Waals surface area contributed by atoms with Crippen molar-refractivity contribution in [1.29, 1.82) is 0 Å². The number of hydrogen-bond donors (Lipinski definition) is 1. The number of aromatic nitrogens is 2. The number of nitrogens with zero attached hydrogens (tertiary/aromatic N) is 2. The highest BCUT2D eigenvalue weighted by molar-refractivity contribution is 5.25. The number of hydrogen-bond acceptors (Lipinski definition) is 4. The Hall–Kier alpha value is -1.37. The van der Waals surface area contributed by atoms with Gasteiger partial charge in [0.1, 0.15) is 5.82 Å². The van der Waals surface area contributed by atoms with Gasteiger partial charge in [-0.2, -0.15) is 13.2 Å². The molecule has 0 aliphatic carbocycles. The van der Waals surface area contributed by atoms with Crippen molar-refractivity contribution in [2.75, 3.05) is 13.2 Å². The minimum absolute atomic E-state index is 0.0768. The fraction of sp³-hybridized carbons (Fsp3) is 0.714. The summed E-state index contributed by atoms with van der Waals surface area (Å²) < 4.78 is 41.6. The smallest absolute Gasteiger partial charge is 0.422 e. The van der Waals surface area contributed by atoms with Gasteiger partial charge in [-0.1, -0.05) is 27.7 Å². The Morgan fingerprint density at radius 2 is 1.90 bits per heavy atom. The minimum atomic E-state index is -4.38. The molecular formula is C14H22F3N3O. The van der Waals surface area contributed by atoms with Gasteiger partial charge in [-0.3, -0.25) is 0 Å². The molecule has 0 radical (unpaired) electrons. The second-order valence-electron chi connectivity index (χ2n) is 5.62. The fourth-order valence-electron chi connectivity index (χ4n) is 1.59. The molecule has 0 spiro atoms. The van der Waals surface area contributed by atoms with E-state index in [9.17, 15) is 13.2 Å². The molecule has 0 unspecified atom stereocenters. The molecule has 0 amide bonds. The molecule has 1 N–H and O–H groups in total. The van der Waals surface area contributed by atoms with E-state index < -0.39 is 12.8 Å². The maximum atomic E-state index is 12.3. The standard InChI is InChI=1S/C14H22F3N3O/c1-9(2)5-18-6-11-12(21-8-14(15,16)17)7-19-13(20-11)10(3)4/h7,9-10,18H,5-6,8H2,1-4H3. The molecule has 1 rings (SSSR count). The first-order valence-electron chi connectivity index (χ1n) is 6.95. The molecule has 0 aromatic carbocycles. The molecule has 0 aliphatic heterocycles. The van der Waals surface area contributed by atoms with E-state index >= 15 is 0 Å². The summed E-state index contributed by atoms with van der Waals surface area (Å²) in [6.07, 6.45) is -3.06. The second-order valence-corrected chi connectivity index (χ2v) is 5.62. The lowest BCUT2D eigenvalue weighted by Gasteiger charge is -2.15. The van der Waals surface area contributed by atoms with Gasteiger partial charge in [0.15, 0.2) is 12.4 Å². The summed E-state index contributed by atoms with van der Waals surface area (Å²) in [5.74, 6) is 1.21.